The van der Waals surface area contributed by atoms with Crippen LogP contribution in [-0.2, 0) is 0 Å². The summed E-state index contributed by atoms with van der Waals surface area (Å²) >= 11 is 1.31. The number of halogens is 10. The Morgan fingerprint density at radius 1 is 0.789 bits per heavy atom. The Hall–Kier alpha value is 0.1000. The monoisotopic (exact) mass is 416 g/mol. The summed E-state index contributed by atoms with van der Waals surface area (Å²) < 4.78 is 111. The van der Waals surface area contributed by atoms with E-state index in [4.69, 9.17) is 0 Å². The van der Waals surface area contributed by atoms with E-state index in [1.165, 1.54) is 29.5 Å². The van der Waals surface area contributed by atoms with E-state index in [-0.39, 0.29) is 6.42 Å². The van der Waals surface area contributed by atoms with Crippen molar-refractivity contribution in [1.29, 1.82) is 0 Å². The quantitative estimate of drug-likeness (QED) is 0.318. The molecule has 0 aliphatic rings. The Morgan fingerprint density at radius 2 is 1.16 bits per heavy atom. The van der Waals surface area contributed by atoms with Gasteiger partial charge >= 0.3 is 23.9 Å². The summed E-state index contributed by atoms with van der Waals surface area (Å²) in [5, 5.41) is 0. The Kier molecular flexibility index (Phi) is 5.16. The molecule has 0 aromatic rings. The maximum Gasteiger partial charge on any atom is 0.460 e. The van der Waals surface area contributed by atoms with Crippen molar-refractivity contribution in [3.05, 3.63) is 0 Å². The Labute approximate surface area is 116 Å². The summed E-state index contributed by atoms with van der Waals surface area (Å²) in [4.78, 5) is 0. The summed E-state index contributed by atoms with van der Waals surface area (Å²) in [7, 11) is 0. The maximum atomic E-state index is 13.2. The number of alkyl halides is 10. The SMILES string of the molecule is CCC(C)(I)CC(F)(F)C(F)(F)C(F)(F)C(F)(F)F. The minimum Gasteiger partial charge on any atom is -0.200 e. The molecule has 0 amide bonds. The molecule has 0 aromatic heterocycles. The molecule has 0 fully saturated rings. The second-order valence-corrected chi connectivity index (χ2v) is 6.90. The molecule has 0 radical (unpaired) electrons. The molecular formula is C9H10F9I. The smallest absolute Gasteiger partial charge is 0.200 e. The van der Waals surface area contributed by atoms with E-state index in [9.17, 15) is 39.5 Å². The summed E-state index contributed by atoms with van der Waals surface area (Å²) in [5.41, 5.74) is 0. The van der Waals surface area contributed by atoms with Crippen LogP contribution in [0, 0.1) is 0 Å². The standard InChI is InChI=1S/C9H10F9I/c1-3-5(2,19)4-6(10,11)7(12,13)8(14,15)9(16,17)18/h3-4H2,1-2H3. The van der Waals surface area contributed by atoms with Crippen molar-refractivity contribution < 1.29 is 39.5 Å². The van der Waals surface area contributed by atoms with Gasteiger partial charge in [0.25, 0.3) is 0 Å². The van der Waals surface area contributed by atoms with Crippen LogP contribution in [0.4, 0.5) is 39.5 Å². The first-order valence-corrected chi connectivity index (χ1v) is 5.99. The third kappa shape index (κ3) is 3.60. The lowest BCUT2D eigenvalue weighted by Crippen LogP contribution is -2.61. The maximum absolute atomic E-state index is 13.2. The Morgan fingerprint density at radius 3 is 1.42 bits per heavy atom. The van der Waals surface area contributed by atoms with Gasteiger partial charge in [-0.15, -0.1) is 0 Å². The van der Waals surface area contributed by atoms with Crippen molar-refractivity contribution in [2.75, 3.05) is 0 Å². The number of hydrogen-bond donors (Lipinski definition) is 0. The molecule has 0 rings (SSSR count). The molecule has 19 heavy (non-hydrogen) atoms. The molecule has 0 heterocycles. The van der Waals surface area contributed by atoms with Crippen LogP contribution in [0.2, 0.25) is 0 Å². The van der Waals surface area contributed by atoms with Gasteiger partial charge in [0, 0.05) is 9.84 Å². The molecule has 0 bridgehead atoms. The van der Waals surface area contributed by atoms with E-state index in [1.54, 1.807) is 0 Å². The molecule has 1 unspecified atom stereocenters. The van der Waals surface area contributed by atoms with Gasteiger partial charge in [-0.2, -0.15) is 39.5 Å². The molecule has 0 aliphatic heterocycles. The topological polar surface area (TPSA) is 0 Å². The highest BCUT2D eigenvalue weighted by Gasteiger charge is 2.81. The van der Waals surface area contributed by atoms with Gasteiger partial charge in [-0.05, 0) is 6.42 Å². The molecule has 1 atom stereocenters. The molecule has 0 spiro atoms. The van der Waals surface area contributed by atoms with Gasteiger partial charge in [-0.1, -0.05) is 36.4 Å². The van der Waals surface area contributed by atoms with Crippen LogP contribution in [0.5, 0.6) is 0 Å². The highest BCUT2D eigenvalue weighted by molar-refractivity contribution is 14.1. The molecule has 0 saturated heterocycles. The molecule has 0 saturated carbocycles. The predicted octanol–water partition coefficient (Wildman–Crippen LogP) is 5.45. The lowest BCUT2D eigenvalue weighted by molar-refractivity contribution is -0.397. The van der Waals surface area contributed by atoms with Crippen molar-refractivity contribution in [3.8, 4) is 0 Å². The third-order valence-corrected chi connectivity index (χ3v) is 3.68. The van der Waals surface area contributed by atoms with Crippen molar-refractivity contribution in [2.24, 2.45) is 0 Å². The minimum atomic E-state index is -6.80. The van der Waals surface area contributed by atoms with E-state index in [1.807, 2.05) is 0 Å². The summed E-state index contributed by atoms with van der Waals surface area (Å²) in [6, 6.07) is 0. The lowest BCUT2D eigenvalue weighted by atomic mass is 9.93. The first-order chi connectivity index (χ1) is 8.02. The van der Waals surface area contributed by atoms with Crippen LogP contribution in [0.15, 0.2) is 0 Å². The molecule has 0 aliphatic carbocycles. The van der Waals surface area contributed by atoms with Crippen molar-refractivity contribution >= 4 is 22.6 Å². The van der Waals surface area contributed by atoms with Crippen LogP contribution in [0.1, 0.15) is 26.7 Å². The lowest BCUT2D eigenvalue weighted by Gasteiger charge is -2.36. The zero-order chi connectivity index (χ0) is 15.9. The second-order valence-electron chi connectivity index (χ2n) is 4.29. The Bertz CT molecular complexity index is 318. The highest BCUT2D eigenvalue weighted by atomic mass is 127. The third-order valence-electron chi connectivity index (χ3n) is 2.54. The molecule has 0 aromatic carbocycles. The van der Waals surface area contributed by atoms with Crippen LogP contribution >= 0.6 is 22.6 Å². The largest absolute Gasteiger partial charge is 0.460 e. The number of hydrogen-bond acceptors (Lipinski definition) is 0. The van der Waals surface area contributed by atoms with Gasteiger partial charge in [-0.3, -0.25) is 0 Å². The molecule has 0 nitrogen and oxygen atoms in total. The van der Waals surface area contributed by atoms with Crippen LogP contribution in [0.25, 0.3) is 0 Å². The molecular weight excluding hydrogens is 406 g/mol. The zero-order valence-electron chi connectivity index (χ0n) is 9.69. The fourth-order valence-corrected chi connectivity index (χ4v) is 1.59. The first-order valence-electron chi connectivity index (χ1n) is 4.91. The molecule has 10 heteroatoms. The van der Waals surface area contributed by atoms with Crippen molar-refractivity contribution in [3.63, 3.8) is 0 Å². The molecule has 116 valence electrons. The van der Waals surface area contributed by atoms with E-state index in [0.717, 1.165) is 6.92 Å². The Balaban J connectivity index is 5.52. The van der Waals surface area contributed by atoms with E-state index < -0.39 is 33.8 Å². The van der Waals surface area contributed by atoms with E-state index >= 15 is 0 Å². The molecule has 0 N–H and O–H groups in total. The number of rotatable bonds is 5. The van der Waals surface area contributed by atoms with Gasteiger partial charge in [-0.25, -0.2) is 0 Å². The van der Waals surface area contributed by atoms with Gasteiger partial charge < -0.3 is 0 Å². The van der Waals surface area contributed by atoms with Crippen molar-refractivity contribution in [2.45, 2.75) is 54.1 Å². The van der Waals surface area contributed by atoms with Gasteiger partial charge in [0.1, 0.15) is 0 Å². The van der Waals surface area contributed by atoms with Crippen LogP contribution in [0.3, 0.4) is 0 Å². The fourth-order valence-electron chi connectivity index (χ4n) is 1.11. The van der Waals surface area contributed by atoms with Crippen LogP contribution < -0.4 is 0 Å². The first kappa shape index (κ1) is 19.1. The zero-order valence-corrected chi connectivity index (χ0v) is 11.9. The summed E-state index contributed by atoms with van der Waals surface area (Å²) in [5.74, 6) is -18.8. The normalized spacial score (nSPS) is 18.3. The van der Waals surface area contributed by atoms with Gasteiger partial charge in [0.15, 0.2) is 0 Å². The average Bonchev–Trinajstić information content (AvgIpc) is 2.13. The van der Waals surface area contributed by atoms with E-state index in [2.05, 4.69) is 0 Å². The van der Waals surface area contributed by atoms with Gasteiger partial charge in [0.05, 0.1) is 0 Å². The van der Waals surface area contributed by atoms with Crippen LogP contribution in [-0.4, -0.2) is 27.4 Å². The van der Waals surface area contributed by atoms with Crippen molar-refractivity contribution in [1.82, 2.24) is 0 Å². The second kappa shape index (κ2) is 5.14. The minimum absolute atomic E-state index is 0.100. The summed E-state index contributed by atoms with van der Waals surface area (Å²) in [6.45, 7) is 2.38. The highest BCUT2D eigenvalue weighted by Crippen LogP contribution is 2.55. The predicted molar refractivity (Wildman–Crippen MR) is 58.2 cm³/mol. The average molecular weight is 416 g/mol. The summed E-state index contributed by atoms with van der Waals surface area (Å²) in [6.07, 6.45) is -8.65. The fraction of sp³-hybridized carbons (Fsp3) is 1.00. The van der Waals surface area contributed by atoms with E-state index in [0.29, 0.717) is 0 Å². The van der Waals surface area contributed by atoms with Gasteiger partial charge in [0.2, 0.25) is 0 Å².